The highest BCUT2D eigenvalue weighted by Crippen LogP contribution is 2.32. The van der Waals surface area contributed by atoms with Crippen molar-refractivity contribution in [2.45, 2.75) is 0 Å². The molecule has 0 bridgehead atoms. The third-order valence-electron chi connectivity index (χ3n) is 3.63. The molecule has 130 valence electrons. The molecule has 0 amide bonds. The van der Waals surface area contributed by atoms with Crippen molar-refractivity contribution in [3.8, 4) is 11.5 Å². The number of carbonyl (C=O) groups is 1. The predicted molar refractivity (Wildman–Crippen MR) is 105 cm³/mol. The molecule has 0 heterocycles. The molecule has 3 aromatic carbocycles. The van der Waals surface area contributed by atoms with E-state index < -0.39 is 5.97 Å². The van der Waals surface area contributed by atoms with Crippen LogP contribution in [0.2, 0.25) is 10.0 Å². The molecule has 0 aliphatic rings. The average Bonchev–Trinajstić information content (AvgIpc) is 2.64. The van der Waals surface area contributed by atoms with Gasteiger partial charge in [-0.05, 0) is 41.5 Å². The molecule has 0 aromatic heterocycles. The first-order valence-electron chi connectivity index (χ1n) is 7.76. The maximum atomic E-state index is 11.6. The number of rotatable bonds is 5. The maximum Gasteiger partial charge on any atom is 0.336 e. The number of halogens is 2. The van der Waals surface area contributed by atoms with Gasteiger partial charge in [0.25, 0.3) is 0 Å². The summed E-state index contributed by atoms with van der Waals surface area (Å²) in [6.45, 7) is 0. The van der Waals surface area contributed by atoms with E-state index in [1.807, 2.05) is 6.07 Å². The third kappa shape index (κ3) is 4.45. The Kier molecular flexibility index (Phi) is 5.61. The fourth-order valence-electron chi connectivity index (χ4n) is 2.37. The monoisotopic (exact) mass is 384 g/mol. The van der Waals surface area contributed by atoms with Gasteiger partial charge in [-0.25, -0.2) is 4.79 Å². The lowest BCUT2D eigenvalue weighted by Gasteiger charge is -2.08. The van der Waals surface area contributed by atoms with Gasteiger partial charge in [-0.3, -0.25) is 0 Å². The molecule has 1 N–H and O–H groups in total. The Morgan fingerprint density at radius 1 is 0.923 bits per heavy atom. The summed E-state index contributed by atoms with van der Waals surface area (Å²) in [6.07, 6.45) is 1.62. The van der Waals surface area contributed by atoms with Crippen molar-refractivity contribution in [1.29, 1.82) is 0 Å². The average molecular weight is 385 g/mol. The maximum absolute atomic E-state index is 11.6. The zero-order chi connectivity index (χ0) is 18.5. The second kappa shape index (κ2) is 8.09. The second-order valence-corrected chi connectivity index (χ2v) is 6.32. The van der Waals surface area contributed by atoms with Crippen LogP contribution in [0.5, 0.6) is 11.5 Å². The largest absolute Gasteiger partial charge is 0.478 e. The van der Waals surface area contributed by atoms with Crippen LogP contribution in [0.3, 0.4) is 0 Å². The Labute approximate surface area is 161 Å². The number of carboxylic acids is 1. The van der Waals surface area contributed by atoms with Crippen LogP contribution in [0, 0.1) is 0 Å². The first kappa shape index (κ1) is 18.1. The van der Waals surface area contributed by atoms with Crippen LogP contribution in [-0.2, 0) is 4.79 Å². The van der Waals surface area contributed by atoms with Crippen molar-refractivity contribution < 1.29 is 14.6 Å². The van der Waals surface area contributed by atoms with E-state index in [0.717, 1.165) is 5.56 Å². The Hall–Kier alpha value is -2.75. The normalized spacial score (nSPS) is 11.2. The zero-order valence-electron chi connectivity index (χ0n) is 13.5. The molecule has 3 aromatic rings. The molecule has 0 aliphatic carbocycles. The summed E-state index contributed by atoms with van der Waals surface area (Å²) >= 11 is 12.0. The standard InChI is InChI=1S/C21H14Cl2O3/c22-16-8-11-19(23)20(13-16)26-17-9-6-14(7-10-17)12-18(21(24)25)15-4-2-1-3-5-15/h1-13H,(H,24,25)/b18-12+. The molecular formula is C21H14Cl2O3. The molecule has 0 saturated carbocycles. The van der Waals surface area contributed by atoms with E-state index in [9.17, 15) is 9.90 Å². The van der Waals surface area contributed by atoms with E-state index in [1.54, 1.807) is 72.8 Å². The van der Waals surface area contributed by atoms with E-state index in [2.05, 4.69) is 0 Å². The van der Waals surface area contributed by atoms with E-state index in [-0.39, 0.29) is 5.57 Å². The number of hydrogen-bond acceptors (Lipinski definition) is 2. The number of benzene rings is 3. The quantitative estimate of drug-likeness (QED) is 0.408. The number of carboxylic acid groups (broad SMARTS) is 1. The summed E-state index contributed by atoms with van der Waals surface area (Å²) in [5, 5.41) is 10.5. The summed E-state index contributed by atoms with van der Waals surface area (Å²) < 4.78 is 5.73. The van der Waals surface area contributed by atoms with Gasteiger partial charge in [0, 0.05) is 11.1 Å². The van der Waals surface area contributed by atoms with Gasteiger partial charge in [0.15, 0.2) is 0 Å². The van der Waals surface area contributed by atoms with Crippen molar-refractivity contribution >= 4 is 40.8 Å². The molecule has 26 heavy (non-hydrogen) atoms. The number of ether oxygens (including phenoxy) is 1. The Balaban J connectivity index is 1.84. The fourth-order valence-corrected chi connectivity index (χ4v) is 2.69. The van der Waals surface area contributed by atoms with Crippen LogP contribution in [0.1, 0.15) is 11.1 Å². The molecule has 5 heteroatoms. The summed E-state index contributed by atoms with van der Waals surface area (Å²) in [4.78, 5) is 11.6. The number of hydrogen-bond donors (Lipinski definition) is 1. The first-order chi connectivity index (χ1) is 12.5. The van der Waals surface area contributed by atoms with Gasteiger partial charge >= 0.3 is 5.97 Å². The van der Waals surface area contributed by atoms with Crippen LogP contribution in [-0.4, -0.2) is 11.1 Å². The lowest BCUT2D eigenvalue weighted by molar-refractivity contribution is -0.130. The lowest BCUT2D eigenvalue weighted by atomic mass is 10.0. The van der Waals surface area contributed by atoms with Gasteiger partial charge in [-0.1, -0.05) is 65.7 Å². The van der Waals surface area contributed by atoms with Crippen molar-refractivity contribution in [3.63, 3.8) is 0 Å². The third-order valence-corrected chi connectivity index (χ3v) is 4.17. The van der Waals surface area contributed by atoms with E-state index in [1.165, 1.54) is 0 Å². The predicted octanol–water partition coefficient (Wildman–Crippen LogP) is 6.41. The second-order valence-electron chi connectivity index (χ2n) is 5.48. The fraction of sp³-hybridized carbons (Fsp3) is 0. The van der Waals surface area contributed by atoms with Gasteiger partial charge < -0.3 is 9.84 Å². The summed E-state index contributed by atoms with van der Waals surface area (Å²) in [6, 6.07) is 21.0. The molecule has 0 atom stereocenters. The summed E-state index contributed by atoms with van der Waals surface area (Å²) in [7, 11) is 0. The molecule has 0 radical (unpaired) electrons. The van der Waals surface area contributed by atoms with Crippen LogP contribution in [0.4, 0.5) is 0 Å². The van der Waals surface area contributed by atoms with Crippen molar-refractivity contribution in [2.24, 2.45) is 0 Å². The van der Waals surface area contributed by atoms with Crippen LogP contribution in [0.25, 0.3) is 11.6 Å². The van der Waals surface area contributed by atoms with Crippen LogP contribution >= 0.6 is 23.2 Å². The molecule has 3 nitrogen and oxygen atoms in total. The highest BCUT2D eigenvalue weighted by atomic mass is 35.5. The van der Waals surface area contributed by atoms with Crippen molar-refractivity contribution in [2.75, 3.05) is 0 Å². The van der Waals surface area contributed by atoms with Gasteiger partial charge in [0.1, 0.15) is 11.5 Å². The summed E-state index contributed by atoms with van der Waals surface area (Å²) in [5.41, 5.74) is 1.61. The molecule has 0 unspecified atom stereocenters. The zero-order valence-corrected chi connectivity index (χ0v) is 15.0. The van der Waals surface area contributed by atoms with Gasteiger partial charge in [-0.15, -0.1) is 0 Å². The van der Waals surface area contributed by atoms with Crippen molar-refractivity contribution in [3.05, 3.63) is 94.0 Å². The molecule has 0 spiro atoms. The lowest BCUT2D eigenvalue weighted by Crippen LogP contribution is -1.99. The molecular weight excluding hydrogens is 371 g/mol. The minimum Gasteiger partial charge on any atom is -0.478 e. The van der Waals surface area contributed by atoms with E-state index in [0.29, 0.717) is 27.1 Å². The molecule has 3 rings (SSSR count). The Morgan fingerprint density at radius 2 is 1.62 bits per heavy atom. The smallest absolute Gasteiger partial charge is 0.336 e. The van der Waals surface area contributed by atoms with E-state index in [4.69, 9.17) is 27.9 Å². The Bertz CT molecular complexity index is 949. The first-order valence-corrected chi connectivity index (χ1v) is 8.52. The van der Waals surface area contributed by atoms with Gasteiger partial charge in [0.2, 0.25) is 0 Å². The number of aliphatic carboxylic acids is 1. The highest BCUT2D eigenvalue weighted by Gasteiger charge is 2.10. The van der Waals surface area contributed by atoms with Crippen LogP contribution < -0.4 is 4.74 Å². The minimum atomic E-state index is -0.984. The highest BCUT2D eigenvalue weighted by molar-refractivity contribution is 6.34. The Morgan fingerprint density at radius 3 is 2.27 bits per heavy atom. The van der Waals surface area contributed by atoms with Crippen molar-refractivity contribution in [1.82, 2.24) is 0 Å². The van der Waals surface area contributed by atoms with Crippen LogP contribution in [0.15, 0.2) is 72.8 Å². The molecule has 0 aliphatic heterocycles. The molecule has 0 saturated heterocycles. The SMILES string of the molecule is O=C(O)/C(=C/c1ccc(Oc2cc(Cl)ccc2Cl)cc1)c1ccccc1. The minimum absolute atomic E-state index is 0.220. The van der Waals surface area contributed by atoms with Gasteiger partial charge in [0.05, 0.1) is 10.6 Å². The molecule has 0 fully saturated rings. The summed E-state index contributed by atoms with van der Waals surface area (Å²) in [5.74, 6) is 0.0445. The van der Waals surface area contributed by atoms with Gasteiger partial charge in [-0.2, -0.15) is 0 Å². The van der Waals surface area contributed by atoms with E-state index >= 15 is 0 Å². The topological polar surface area (TPSA) is 46.5 Å².